The Balaban J connectivity index is 3.14. The van der Waals surface area contributed by atoms with Gasteiger partial charge in [-0.3, -0.25) is 0 Å². The van der Waals surface area contributed by atoms with Crippen molar-refractivity contribution in [3.8, 4) is 0 Å². The van der Waals surface area contributed by atoms with Gasteiger partial charge in [-0.15, -0.1) is 0 Å². The molecule has 0 fully saturated rings. The number of aromatic nitrogens is 1. The molecule has 1 rings (SSSR count). The number of nitrogens with zero attached hydrogens (tertiary/aromatic N) is 2. The molecule has 0 saturated carbocycles. The lowest BCUT2D eigenvalue weighted by Gasteiger charge is -2.18. The van der Waals surface area contributed by atoms with Crippen LogP contribution in [-0.4, -0.2) is 30.8 Å². The van der Waals surface area contributed by atoms with E-state index in [2.05, 4.69) is 4.98 Å². The Morgan fingerprint density at radius 3 is 2.44 bits per heavy atom. The summed E-state index contributed by atoms with van der Waals surface area (Å²) in [7, 11) is -3.42. The van der Waals surface area contributed by atoms with Crippen LogP contribution in [0.5, 0.6) is 0 Å². The molecule has 0 bridgehead atoms. The molecule has 0 aromatic carbocycles. The van der Waals surface area contributed by atoms with Gasteiger partial charge in [0.15, 0.2) is 8.68 Å². The number of halogens is 1. The van der Waals surface area contributed by atoms with Crippen molar-refractivity contribution >= 4 is 33.0 Å². The summed E-state index contributed by atoms with van der Waals surface area (Å²) < 4.78 is 26.4. The highest BCUT2D eigenvalue weighted by Crippen LogP contribution is 2.29. The monoisotopic (exact) mass is 282 g/mol. The number of hydrogen-bond acceptors (Lipinski definition) is 4. The van der Waals surface area contributed by atoms with Crippen molar-refractivity contribution in [1.29, 1.82) is 0 Å². The Labute approximate surface area is 105 Å². The Morgan fingerprint density at radius 2 is 2.06 bits per heavy atom. The van der Waals surface area contributed by atoms with E-state index in [1.165, 1.54) is 4.31 Å². The van der Waals surface area contributed by atoms with Crippen molar-refractivity contribution in [2.45, 2.75) is 31.4 Å². The third kappa shape index (κ3) is 2.74. The first-order valence-corrected chi connectivity index (χ1v) is 7.70. The summed E-state index contributed by atoms with van der Waals surface area (Å²) in [6.45, 7) is 6.42. The van der Waals surface area contributed by atoms with E-state index < -0.39 is 10.0 Å². The normalized spacial score (nSPS) is 12.3. The number of hydrogen-bond donors (Lipinski definition) is 0. The topological polar surface area (TPSA) is 50.3 Å². The largest absolute Gasteiger partial charge is 0.254 e. The molecule has 1 aromatic rings. The molecule has 0 aliphatic heterocycles. The molecular formula is C9H15ClN2O2S2. The lowest BCUT2D eigenvalue weighted by atomic mass is 10.5. The van der Waals surface area contributed by atoms with Crippen molar-refractivity contribution in [3.63, 3.8) is 0 Å². The molecule has 0 N–H and O–H groups in total. The fourth-order valence-corrected chi connectivity index (χ4v) is 4.82. The lowest BCUT2D eigenvalue weighted by Crippen LogP contribution is -2.31. The van der Waals surface area contributed by atoms with E-state index in [0.717, 1.165) is 17.8 Å². The fourth-order valence-electron chi connectivity index (χ4n) is 1.40. The van der Waals surface area contributed by atoms with Crippen LogP contribution in [0, 0.1) is 6.92 Å². The smallest absolute Gasteiger partial charge is 0.229 e. The van der Waals surface area contributed by atoms with Gasteiger partial charge in [0, 0.05) is 13.1 Å². The first-order valence-electron chi connectivity index (χ1n) is 5.06. The molecule has 0 saturated heterocycles. The molecule has 0 radical (unpaired) electrons. The predicted molar refractivity (Wildman–Crippen MR) is 66.6 cm³/mol. The molecule has 92 valence electrons. The zero-order valence-corrected chi connectivity index (χ0v) is 11.9. The second-order valence-electron chi connectivity index (χ2n) is 3.34. The molecule has 4 nitrogen and oxygen atoms in total. The zero-order chi connectivity index (χ0) is 12.3. The average Bonchev–Trinajstić information content (AvgIpc) is 2.54. The van der Waals surface area contributed by atoms with Gasteiger partial charge in [0.05, 0.1) is 5.69 Å². The summed E-state index contributed by atoms with van der Waals surface area (Å²) in [5.41, 5.74) is 0.476. The molecule has 16 heavy (non-hydrogen) atoms. The summed E-state index contributed by atoms with van der Waals surface area (Å²) >= 11 is 6.74. The summed E-state index contributed by atoms with van der Waals surface area (Å²) in [5.74, 6) is 0. The highest BCUT2D eigenvalue weighted by Gasteiger charge is 2.27. The fraction of sp³-hybridized carbons (Fsp3) is 0.667. The van der Waals surface area contributed by atoms with Gasteiger partial charge < -0.3 is 0 Å². The van der Waals surface area contributed by atoms with Gasteiger partial charge in [0.2, 0.25) is 0 Å². The van der Waals surface area contributed by atoms with E-state index in [1.807, 2.05) is 13.8 Å². The number of sulfonamides is 1. The van der Waals surface area contributed by atoms with E-state index in [4.69, 9.17) is 11.6 Å². The summed E-state index contributed by atoms with van der Waals surface area (Å²) in [5, 5.41) is 0. The van der Waals surface area contributed by atoms with Gasteiger partial charge in [0.1, 0.15) is 0 Å². The van der Waals surface area contributed by atoms with Crippen molar-refractivity contribution in [3.05, 3.63) is 10.2 Å². The quantitative estimate of drug-likeness (QED) is 0.834. The van der Waals surface area contributed by atoms with Crippen molar-refractivity contribution < 1.29 is 8.42 Å². The maximum absolute atomic E-state index is 12.2. The van der Waals surface area contributed by atoms with Crippen LogP contribution in [-0.2, 0) is 10.0 Å². The van der Waals surface area contributed by atoms with Crippen molar-refractivity contribution in [1.82, 2.24) is 9.29 Å². The van der Waals surface area contributed by atoms with E-state index in [0.29, 0.717) is 18.8 Å². The van der Waals surface area contributed by atoms with Crippen LogP contribution in [0.25, 0.3) is 0 Å². The molecule has 0 amide bonds. The lowest BCUT2D eigenvalue weighted by molar-refractivity contribution is 0.428. The maximum atomic E-state index is 12.2. The van der Waals surface area contributed by atoms with Gasteiger partial charge in [-0.1, -0.05) is 36.8 Å². The molecule has 0 aliphatic carbocycles. The SMILES string of the molecule is CCCN(CC)S(=O)(=O)c1sc(Cl)nc1C. The first kappa shape index (κ1) is 13.9. The van der Waals surface area contributed by atoms with E-state index in [-0.39, 0.29) is 8.68 Å². The molecule has 0 spiro atoms. The van der Waals surface area contributed by atoms with Crippen molar-refractivity contribution in [2.24, 2.45) is 0 Å². The molecule has 0 atom stereocenters. The van der Waals surface area contributed by atoms with Crippen LogP contribution in [0.2, 0.25) is 4.47 Å². The second kappa shape index (κ2) is 5.44. The van der Waals surface area contributed by atoms with E-state index >= 15 is 0 Å². The Bertz CT molecular complexity index is 456. The minimum Gasteiger partial charge on any atom is -0.229 e. The molecule has 1 heterocycles. The molecule has 7 heteroatoms. The Hall–Kier alpha value is -0.170. The zero-order valence-electron chi connectivity index (χ0n) is 9.53. The van der Waals surface area contributed by atoms with Crippen LogP contribution in [0.1, 0.15) is 26.0 Å². The number of thiazole rings is 1. The summed E-state index contributed by atoms with van der Waals surface area (Å²) in [6.07, 6.45) is 0.790. The van der Waals surface area contributed by atoms with Crippen LogP contribution >= 0.6 is 22.9 Å². The minimum absolute atomic E-state index is 0.257. The predicted octanol–water partition coefficient (Wildman–Crippen LogP) is 2.53. The van der Waals surface area contributed by atoms with Crippen LogP contribution in [0.15, 0.2) is 4.21 Å². The van der Waals surface area contributed by atoms with Gasteiger partial charge in [-0.25, -0.2) is 13.4 Å². The standard InChI is InChI=1S/C9H15ClN2O2S2/c1-4-6-12(5-2)16(13,14)8-7(3)11-9(10)15-8/h4-6H2,1-3H3. The van der Waals surface area contributed by atoms with E-state index in [9.17, 15) is 8.42 Å². The second-order valence-corrected chi connectivity index (χ2v) is 7.05. The van der Waals surface area contributed by atoms with Crippen LogP contribution < -0.4 is 0 Å². The maximum Gasteiger partial charge on any atom is 0.254 e. The van der Waals surface area contributed by atoms with E-state index in [1.54, 1.807) is 6.92 Å². The highest BCUT2D eigenvalue weighted by atomic mass is 35.5. The van der Waals surface area contributed by atoms with Gasteiger partial charge in [-0.05, 0) is 13.3 Å². The minimum atomic E-state index is -3.42. The molecular weight excluding hydrogens is 268 g/mol. The van der Waals surface area contributed by atoms with Gasteiger partial charge >= 0.3 is 0 Å². The average molecular weight is 283 g/mol. The van der Waals surface area contributed by atoms with Gasteiger partial charge in [-0.2, -0.15) is 4.31 Å². The third-order valence-electron chi connectivity index (χ3n) is 2.13. The molecule has 0 aliphatic rings. The van der Waals surface area contributed by atoms with Crippen molar-refractivity contribution in [2.75, 3.05) is 13.1 Å². The summed E-state index contributed by atoms with van der Waals surface area (Å²) in [4.78, 5) is 3.93. The summed E-state index contributed by atoms with van der Waals surface area (Å²) in [6, 6.07) is 0. The van der Waals surface area contributed by atoms with Crippen LogP contribution in [0.4, 0.5) is 0 Å². The third-order valence-corrected chi connectivity index (χ3v) is 5.95. The molecule has 0 unspecified atom stereocenters. The Morgan fingerprint density at radius 1 is 1.44 bits per heavy atom. The van der Waals surface area contributed by atoms with Crippen LogP contribution in [0.3, 0.4) is 0 Å². The highest BCUT2D eigenvalue weighted by molar-refractivity contribution is 7.91. The molecule has 1 aromatic heterocycles. The van der Waals surface area contributed by atoms with Gasteiger partial charge in [0.25, 0.3) is 10.0 Å². The number of rotatable bonds is 5. The Kier molecular flexibility index (Phi) is 4.73. The number of aryl methyl sites for hydroxylation is 1. The first-order chi connectivity index (χ1) is 7.43.